The molecule has 0 amide bonds. The van der Waals surface area contributed by atoms with E-state index in [1.54, 1.807) is 42.5 Å². The molecule has 0 aliphatic carbocycles. The molecule has 0 fully saturated rings. The zero-order chi connectivity index (χ0) is 25.2. The monoisotopic (exact) mass is 514 g/mol. The molecule has 1 heterocycles. The van der Waals surface area contributed by atoms with Crippen molar-refractivity contribution in [3.63, 3.8) is 0 Å². The number of rotatable bonds is 7. The van der Waals surface area contributed by atoms with Crippen LogP contribution >= 0.6 is 0 Å². The van der Waals surface area contributed by atoms with Gasteiger partial charge in [0.15, 0.2) is 6.29 Å². The molecule has 36 heavy (non-hydrogen) atoms. The molecule has 180 valence electrons. The predicted octanol–water partition coefficient (Wildman–Crippen LogP) is 5.02. The number of nitrogens with two attached hydrogens (primary N) is 1. The second-order valence-electron chi connectivity index (χ2n) is 7.71. The zero-order valence-corrected chi connectivity index (χ0v) is 19.8. The van der Waals surface area contributed by atoms with Crippen LogP contribution < -0.4 is 10.5 Å². The van der Waals surface area contributed by atoms with E-state index in [4.69, 9.17) is 10.5 Å². The minimum absolute atomic E-state index is 0. The summed E-state index contributed by atoms with van der Waals surface area (Å²) in [4.78, 5) is 15.6. The summed E-state index contributed by atoms with van der Waals surface area (Å²) >= 11 is 0. The maximum absolute atomic E-state index is 11.9. The number of ether oxygens (including phenoxy) is 1. The number of anilines is 1. The fourth-order valence-electron chi connectivity index (χ4n) is 3.75. The van der Waals surface area contributed by atoms with Gasteiger partial charge in [0, 0.05) is 16.3 Å². The Hall–Kier alpha value is -3.15. The summed E-state index contributed by atoms with van der Waals surface area (Å²) in [6.45, 7) is 4.10. The number of nitrogens with zero attached hydrogens (tertiary/aromatic N) is 3. The van der Waals surface area contributed by atoms with Crippen LogP contribution in [0, 0.1) is 6.92 Å². The number of fused-ring (bicyclic) bond motifs is 1. The van der Waals surface area contributed by atoms with Gasteiger partial charge in [-0.3, -0.25) is 14.3 Å². The van der Waals surface area contributed by atoms with Gasteiger partial charge in [0.05, 0.1) is 29.7 Å². The maximum atomic E-state index is 11.9. The van der Waals surface area contributed by atoms with Crippen LogP contribution in [0.1, 0.15) is 22.8 Å². The molecule has 0 saturated carbocycles. The van der Waals surface area contributed by atoms with E-state index in [0.29, 0.717) is 40.3 Å². The third-order valence-electron chi connectivity index (χ3n) is 5.28. The van der Waals surface area contributed by atoms with Gasteiger partial charge in [-0.2, -0.15) is 8.42 Å². The first-order valence-corrected chi connectivity index (χ1v) is 12.1. The number of pyridine rings is 1. The third-order valence-corrected chi connectivity index (χ3v) is 6.17. The van der Waals surface area contributed by atoms with E-state index < -0.39 is 10.1 Å². The molecule has 3 aromatic carbocycles. The van der Waals surface area contributed by atoms with E-state index >= 15 is 0 Å². The summed E-state index contributed by atoms with van der Waals surface area (Å²) in [5, 5.41) is 8.95. The summed E-state index contributed by atoms with van der Waals surface area (Å²) in [5.74, 6) is 0.455. The topological polar surface area (TPSA) is 144 Å². The molecule has 0 unspecified atom stereocenters. The van der Waals surface area contributed by atoms with E-state index in [9.17, 15) is 17.8 Å². The van der Waals surface area contributed by atoms with Crippen LogP contribution in [0.5, 0.6) is 5.75 Å². The number of carbonyl (C=O) groups excluding carboxylic acids is 1. The van der Waals surface area contributed by atoms with Gasteiger partial charge in [-0.1, -0.05) is 24.3 Å². The summed E-state index contributed by atoms with van der Waals surface area (Å²) < 4.78 is 39.2. The first kappa shape index (κ1) is 27.4. The van der Waals surface area contributed by atoms with Gasteiger partial charge in [0.2, 0.25) is 0 Å². The van der Waals surface area contributed by atoms with Crippen molar-refractivity contribution in [1.82, 2.24) is 4.98 Å². The van der Waals surface area contributed by atoms with E-state index in [2.05, 4.69) is 15.2 Å². The standard InChI is InChI=1S/C25H22N4O5S.Na.H/c1-3-34-25-16(14-30)10-15(2)11-20(25)21-9-8-17(13-27-21)28-29-22-12-23(35(31,32)33)18-6-4-5-7-19(18)24(22)26;;/h4-14H,3,26H2,1-2H3,(H,31,32,33);;/b29-28+;;. The zero-order valence-electron chi connectivity index (χ0n) is 19.0. The molecule has 0 bridgehead atoms. The number of benzene rings is 3. The first-order chi connectivity index (χ1) is 16.7. The van der Waals surface area contributed by atoms with E-state index in [1.807, 2.05) is 19.9 Å². The van der Waals surface area contributed by atoms with E-state index in [0.717, 1.165) is 11.8 Å². The molecule has 0 atom stereocenters. The van der Waals surface area contributed by atoms with Crippen molar-refractivity contribution < 1.29 is 22.5 Å². The third kappa shape index (κ3) is 5.63. The number of hydrogen-bond acceptors (Lipinski definition) is 8. The fraction of sp³-hybridized carbons (Fsp3) is 0.120. The van der Waals surface area contributed by atoms with Crippen LogP contribution in [-0.4, -0.2) is 60.4 Å². The number of carbonyl (C=O) groups is 1. The van der Waals surface area contributed by atoms with E-state index in [1.165, 1.54) is 12.3 Å². The molecule has 4 aromatic rings. The molecule has 0 aliphatic heterocycles. The molecular formula is C25H23N4NaO5S. The van der Waals surface area contributed by atoms with Crippen LogP contribution in [0.2, 0.25) is 0 Å². The van der Waals surface area contributed by atoms with Crippen LogP contribution in [0.4, 0.5) is 17.1 Å². The van der Waals surface area contributed by atoms with Crippen molar-refractivity contribution >= 4 is 73.8 Å². The molecule has 1 aromatic heterocycles. The van der Waals surface area contributed by atoms with Crippen LogP contribution in [0.15, 0.2) is 75.9 Å². The SMILES string of the molecule is CCOc1c(C=O)cc(C)cc1-c1ccc(/N=N/c2cc(S(=O)(=O)O)c3ccccc3c2N)cn1.[NaH]. The Labute approximate surface area is 230 Å². The van der Waals surface area contributed by atoms with Crippen molar-refractivity contribution in [3.8, 4) is 17.0 Å². The van der Waals surface area contributed by atoms with Gasteiger partial charge < -0.3 is 10.5 Å². The number of azo groups is 1. The fourth-order valence-corrected chi connectivity index (χ4v) is 4.46. The van der Waals surface area contributed by atoms with Crippen molar-refractivity contribution in [1.29, 1.82) is 0 Å². The Bertz CT molecular complexity index is 1570. The summed E-state index contributed by atoms with van der Waals surface area (Å²) in [6, 6.07) is 14.7. The van der Waals surface area contributed by atoms with Crippen molar-refractivity contribution in [2.24, 2.45) is 10.2 Å². The molecule has 0 spiro atoms. The van der Waals surface area contributed by atoms with Gasteiger partial charge in [-0.15, -0.1) is 10.2 Å². The Kier molecular flexibility index (Phi) is 8.59. The summed E-state index contributed by atoms with van der Waals surface area (Å²) in [6.07, 6.45) is 2.23. The van der Waals surface area contributed by atoms with Gasteiger partial charge in [-0.05, 0) is 49.7 Å². The number of aromatic nitrogens is 1. The Morgan fingerprint density at radius 1 is 1.08 bits per heavy atom. The Balaban J connectivity index is 0.00000361. The number of nitrogen functional groups attached to an aromatic ring is 1. The van der Waals surface area contributed by atoms with E-state index in [-0.39, 0.29) is 51.2 Å². The second kappa shape index (κ2) is 11.3. The molecule has 9 nitrogen and oxygen atoms in total. The molecule has 3 N–H and O–H groups in total. The molecule has 0 radical (unpaired) electrons. The predicted molar refractivity (Wildman–Crippen MR) is 140 cm³/mol. The van der Waals surface area contributed by atoms with Crippen LogP contribution in [0.3, 0.4) is 0 Å². The average Bonchev–Trinajstić information content (AvgIpc) is 2.84. The normalized spacial score (nSPS) is 11.4. The molecule has 0 saturated heterocycles. The van der Waals surface area contributed by atoms with Crippen molar-refractivity contribution in [2.75, 3.05) is 12.3 Å². The van der Waals surface area contributed by atoms with Gasteiger partial charge in [-0.25, -0.2) is 0 Å². The van der Waals surface area contributed by atoms with Crippen LogP contribution in [0.25, 0.3) is 22.0 Å². The second-order valence-corrected chi connectivity index (χ2v) is 9.10. The van der Waals surface area contributed by atoms with Gasteiger partial charge in [0.25, 0.3) is 10.1 Å². The minimum atomic E-state index is -4.51. The number of aldehydes is 1. The Morgan fingerprint density at radius 2 is 1.81 bits per heavy atom. The molecular weight excluding hydrogens is 491 g/mol. The average molecular weight is 515 g/mol. The van der Waals surface area contributed by atoms with Gasteiger partial charge >= 0.3 is 29.6 Å². The van der Waals surface area contributed by atoms with Crippen molar-refractivity contribution in [3.05, 3.63) is 71.9 Å². The quantitative estimate of drug-likeness (QED) is 0.116. The number of hydrogen-bond donors (Lipinski definition) is 2. The first-order valence-electron chi connectivity index (χ1n) is 10.6. The molecule has 4 rings (SSSR count). The Morgan fingerprint density at radius 3 is 2.42 bits per heavy atom. The van der Waals surface area contributed by atoms with Gasteiger partial charge in [0.1, 0.15) is 22.0 Å². The summed E-state index contributed by atoms with van der Waals surface area (Å²) in [5.41, 5.74) is 9.48. The summed E-state index contributed by atoms with van der Waals surface area (Å²) in [7, 11) is -4.51. The van der Waals surface area contributed by atoms with Crippen LogP contribution in [-0.2, 0) is 10.1 Å². The van der Waals surface area contributed by atoms with Crippen molar-refractivity contribution in [2.45, 2.75) is 18.7 Å². The molecule has 11 heteroatoms. The number of aryl methyl sites for hydroxylation is 1. The molecule has 0 aliphatic rings.